The number of hydrogen-bond donors (Lipinski definition) is 3. The van der Waals surface area contributed by atoms with Crippen LogP contribution in [-0.4, -0.2) is 92.7 Å². The van der Waals surface area contributed by atoms with Crippen molar-refractivity contribution in [1.82, 2.24) is 34.8 Å². The largest absolute Gasteiger partial charge is 2.00 e. The number of hydrogen-bond acceptors (Lipinski definition) is 15. The average Bonchev–Trinajstić information content (AvgIpc) is 3.65. The van der Waals surface area contributed by atoms with E-state index in [2.05, 4.69) is 49.8 Å². The molecule has 0 saturated heterocycles. The molecule has 3 N–H and O–H groups in total. The minimum absolute atomic E-state index is 0. The third-order valence-electron chi connectivity index (χ3n) is 4.52. The minimum atomic E-state index is -4.94. The van der Waals surface area contributed by atoms with Crippen molar-refractivity contribution in [2.45, 2.75) is 19.3 Å². The van der Waals surface area contributed by atoms with Gasteiger partial charge in [0.05, 0.1) is 42.3 Å². The van der Waals surface area contributed by atoms with Gasteiger partial charge in [0.2, 0.25) is 0 Å². The molecule has 0 fully saturated rings. The summed E-state index contributed by atoms with van der Waals surface area (Å²) in [6, 6.07) is 0. The maximum atomic E-state index is 8.49. The summed E-state index contributed by atoms with van der Waals surface area (Å²) >= 11 is 0. The number of imidazole rings is 3. The van der Waals surface area contributed by atoms with Gasteiger partial charge in [0.1, 0.15) is 0 Å². The Bertz CT molecular complexity index is 950. The first kappa shape index (κ1) is 39.4. The van der Waals surface area contributed by atoms with E-state index in [0.717, 1.165) is 75.6 Å². The van der Waals surface area contributed by atoms with E-state index in [1.807, 2.05) is 31.0 Å². The number of H-pyrrole nitrogens is 3. The van der Waals surface area contributed by atoms with Crippen molar-refractivity contribution >= 4 is 18.6 Å². The number of rotatable bonds is 15. The summed E-state index contributed by atoms with van der Waals surface area (Å²) in [7, 11) is -9.89. The van der Waals surface area contributed by atoms with Gasteiger partial charge in [-0.3, -0.25) is 15.0 Å². The van der Waals surface area contributed by atoms with E-state index in [4.69, 9.17) is 37.3 Å². The molecule has 0 aliphatic heterocycles. The summed E-state index contributed by atoms with van der Waals surface area (Å²) in [6.07, 6.45) is 18.9. The molecule has 0 saturated carbocycles. The molecule has 18 nitrogen and oxygen atoms in total. The first-order valence-corrected chi connectivity index (χ1v) is 14.3. The average molecular weight is 676 g/mol. The molecule has 0 bridgehead atoms. The fourth-order valence-electron chi connectivity index (χ4n) is 2.99. The normalized spacial score (nSPS) is 11.9. The molecule has 3 aromatic heterocycles. The summed E-state index contributed by atoms with van der Waals surface area (Å²) in [4.78, 5) is 37.0. The van der Waals surface area contributed by atoms with E-state index >= 15 is 0 Å². The number of nitrogens with one attached hydrogen (secondary N) is 3. The van der Waals surface area contributed by atoms with Crippen molar-refractivity contribution in [2.75, 3.05) is 39.3 Å². The predicted octanol–water partition coefficient (Wildman–Crippen LogP) is -7.53. The molecule has 21 heteroatoms. The topological polar surface area (TPSA) is 311 Å². The zero-order valence-corrected chi connectivity index (χ0v) is 24.8. The van der Waals surface area contributed by atoms with E-state index in [-0.39, 0.29) is 17.1 Å². The first-order chi connectivity index (χ1) is 19.4. The van der Waals surface area contributed by atoms with Crippen LogP contribution in [0.15, 0.2) is 52.5 Å². The Morgan fingerprint density at radius 3 is 1.40 bits per heavy atom. The van der Waals surface area contributed by atoms with Crippen LogP contribution in [0.25, 0.3) is 0 Å². The van der Waals surface area contributed by atoms with Gasteiger partial charge in [-0.1, -0.05) is 0 Å². The SMILES string of the molecule is C(=NCCCN(CCCN=Cc1c[nH]cn1)CCCN=Cc1cnc[nH]1)c1c[nH]cn1.[Mn+2].[O-][Cl+3]([O-])([O-])[O-].[O-][Cl+3]([O-])([O-])[O-]. The number of aromatic amines is 3. The zero-order valence-electron chi connectivity index (χ0n) is 22.1. The minimum Gasteiger partial charge on any atom is -0.351 e. The quantitative estimate of drug-likeness (QED) is 0.0768. The summed E-state index contributed by atoms with van der Waals surface area (Å²) in [6.45, 7) is 5.39. The second-order valence-electron chi connectivity index (χ2n) is 7.76. The van der Waals surface area contributed by atoms with Gasteiger partial charge >= 0.3 is 17.1 Å². The van der Waals surface area contributed by atoms with Crippen molar-refractivity contribution in [1.29, 1.82) is 0 Å². The van der Waals surface area contributed by atoms with Crippen molar-refractivity contribution in [3.63, 3.8) is 0 Å². The molecule has 233 valence electrons. The molecular formula is C21H30Cl2MnN10O8. The Balaban J connectivity index is 0.00000132. The van der Waals surface area contributed by atoms with Gasteiger partial charge in [-0.2, -0.15) is 0 Å². The van der Waals surface area contributed by atoms with Crippen LogP contribution in [0.4, 0.5) is 0 Å². The van der Waals surface area contributed by atoms with Crippen LogP contribution in [-0.2, 0) is 17.1 Å². The molecule has 0 spiro atoms. The van der Waals surface area contributed by atoms with Crippen LogP contribution < -0.4 is 37.3 Å². The zero-order chi connectivity index (χ0) is 30.4. The molecule has 42 heavy (non-hydrogen) atoms. The van der Waals surface area contributed by atoms with E-state index in [0.29, 0.717) is 0 Å². The standard InChI is InChI=1S/C21H30N10.2ClHO4.Mn/c1(4-22-10-19-13-25-16-28-19)7-31(8-2-5-23-11-20-14-26-17-29-20)9-3-6-24-12-21-15-27-18-30-21;2*2-1(3,4)5;/h10-18H,1-9H2,(H,25,28)(H,26,29)(H,27,30);2*(H,2,3,4,5);/q;;;+2/p-2. The number of halogens is 2. The molecule has 1 radical (unpaired) electrons. The first-order valence-electron chi connectivity index (χ1n) is 11.8. The number of nitrogens with zero attached hydrogens (tertiary/aromatic N) is 7. The molecule has 0 amide bonds. The summed E-state index contributed by atoms with van der Waals surface area (Å²) in [5.74, 6) is 0. The monoisotopic (exact) mass is 675 g/mol. The van der Waals surface area contributed by atoms with Crippen molar-refractivity contribution in [3.05, 3.63) is 54.7 Å². The van der Waals surface area contributed by atoms with Gasteiger partial charge in [-0.15, -0.1) is 20.5 Å². The predicted molar refractivity (Wildman–Crippen MR) is 123 cm³/mol. The van der Waals surface area contributed by atoms with Gasteiger partial charge in [-0.05, 0) is 38.9 Å². The maximum absolute atomic E-state index is 8.49. The second-order valence-corrected chi connectivity index (χ2v) is 9.27. The molecule has 3 aromatic rings. The van der Waals surface area contributed by atoms with E-state index in [9.17, 15) is 0 Å². The molecule has 3 heterocycles. The van der Waals surface area contributed by atoms with Gasteiger partial charge in [-0.25, -0.2) is 52.2 Å². The second kappa shape index (κ2) is 22.9. The van der Waals surface area contributed by atoms with Crippen LogP contribution >= 0.6 is 0 Å². The van der Waals surface area contributed by atoms with Crippen LogP contribution in [0.2, 0.25) is 0 Å². The summed E-state index contributed by atoms with van der Waals surface area (Å²) < 4.78 is 67.9. The Hall–Kier alpha value is -2.62. The van der Waals surface area contributed by atoms with Crippen LogP contribution in [0, 0.1) is 20.5 Å². The van der Waals surface area contributed by atoms with Gasteiger partial charge < -0.3 is 19.9 Å². The Kier molecular flexibility index (Phi) is 21.5. The third kappa shape index (κ3) is 27.5. The molecule has 3 rings (SSSR count). The van der Waals surface area contributed by atoms with Gasteiger partial charge in [0, 0.05) is 50.7 Å². The molecule has 0 aromatic carbocycles. The van der Waals surface area contributed by atoms with Crippen LogP contribution in [0.1, 0.15) is 36.3 Å². The Labute approximate surface area is 256 Å². The Morgan fingerprint density at radius 1 is 0.667 bits per heavy atom. The van der Waals surface area contributed by atoms with E-state index in [1.54, 1.807) is 25.2 Å². The smallest absolute Gasteiger partial charge is 0.351 e. The number of aliphatic imine (C=N–C) groups is 3. The third-order valence-corrected chi connectivity index (χ3v) is 4.52. The molecule has 0 unspecified atom stereocenters. The van der Waals surface area contributed by atoms with Gasteiger partial charge in [0.15, 0.2) is 0 Å². The van der Waals surface area contributed by atoms with E-state index < -0.39 is 20.5 Å². The summed E-state index contributed by atoms with van der Waals surface area (Å²) in [5, 5.41) is 0. The molecule has 0 atom stereocenters. The van der Waals surface area contributed by atoms with Gasteiger partial charge in [0.25, 0.3) is 0 Å². The Morgan fingerprint density at radius 2 is 1.07 bits per heavy atom. The molecule has 0 aliphatic carbocycles. The van der Waals surface area contributed by atoms with Crippen molar-refractivity contribution in [3.8, 4) is 0 Å². The van der Waals surface area contributed by atoms with Crippen molar-refractivity contribution < 1.29 is 74.8 Å². The fourth-order valence-corrected chi connectivity index (χ4v) is 2.99. The van der Waals surface area contributed by atoms with Crippen LogP contribution in [0.3, 0.4) is 0 Å². The van der Waals surface area contributed by atoms with Crippen molar-refractivity contribution in [2.24, 2.45) is 15.0 Å². The summed E-state index contributed by atoms with van der Waals surface area (Å²) in [5.41, 5.74) is 2.66. The fraction of sp³-hybridized carbons (Fsp3) is 0.429. The maximum Gasteiger partial charge on any atom is 2.00 e. The van der Waals surface area contributed by atoms with E-state index in [1.165, 1.54) is 0 Å². The molecule has 0 aliphatic rings. The van der Waals surface area contributed by atoms with Crippen LogP contribution in [0.5, 0.6) is 0 Å². The number of aromatic nitrogens is 6. The molecular weight excluding hydrogens is 646 g/mol.